The minimum absolute atomic E-state index is 0.690. The van der Waals surface area contributed by atoms with Crippen LogP contribution in [-0.4, -0.2) is 9.55 Å². The van der Waals surface area contributed by atoms with Crippen LogP contribution in [0, 0.1) is 18.6 Å². The molecular formula is C15H13ClN2S. The van der Waals surface area contributed by atoms with Crippen LogP contribution < -0.4 is 0 Å². The van der Waals surface area contributed by atoms with Crippen molar-refractivity contribution >= 4 is 34.9 Å². The third-order valence-electron chi connectivity index (χ3n) is 3.39. The number of fused-ring (bicyclic) bond motifs is 1. The first-order chi connectivity index (χ1) is 9.09. The lowest BCUT2D eigenvalue weighted by Crippen LogP contribution is -1.98. The van der Waals surface area contributed by atoms with Crippen LogP contribution in [0.5, 0.6) is 0 Å². The van der Waals surface area contributed by atoms with E-state index in [9.17, 15) is 0 Å². The highest BCUT2D eigenvalue weighted by atomic mass is 35.5. The molecule has 0 saturated heterocycles. The normalized spacial score (nSPS) is 11.1. The van der Waals surface area contributed by atoms with Crippen molar-refractivity contribution in [2.24, 2.45) is 0 Å². The summed E-state index contributed by atoms with van der Waals surface area (Å²) < 4.78 is 2.75. The van der Waals surface area contributed by atoms with Gasteiger partial charge in [-0.05, 0) is 55.4 Å². The van der Waals surface area contributed by atoms with Gasteiger partial charge < -0.3 is 4.98 Å². The molecule has 0 aliphatic rings. The number of aromatic nitrogens is 2. The number of nitrogens with zero attached hydrogens (tertiary/aromatic N) is 1. The number of H-pyrrole nitrogens is 1. The maximum atomic E-state index is 6.22. The molecule has 0 fully saturated rings. The standard InChI is InChI=1S/C15H13ClN2S/c1-9-5-3-7-12-14(9)18(15(19)17-12)13-8-4-6-11(16)10(13)2/h3-8H,1-2H3,(H,17,19). The van der Waals surface area contributed by atoms with Crippen LogP contribution in [-0.2, 0) is 0 Å². The summed E-state index contributed by atoms with van der Waals surface area (Å²) in [5.74, 6) is 0. The van der Waals surface area contributed by atoms with E-state index in [1.165, 1.54) is 5.56 Å². The average Bonchev–Trinajstić information content (AvgIpc) is 2.71. The number of rotatable bonds is 1. The molecule has 1 heterocycles. The number of hydrogen-bond donors (Lipinski definition) is 1. The Bertz CT molecular complexity index is 830. The number of aryl methyl sites for hydroxylation is 1. The van der Waals surface area contributed by atoms with Gasteiger partial charge in [0.2, 0.25) is 0 Å². The van der Waals surface area contributed by atoms with Gasteiger partial charge in [0.1, 0.15) is 0 Å². The van der Waals surface area contributed by atoms with Crippen LogP contribution in [0.2, 0.25) is 5.02 Å². The molecule has 2 aromatic carbocycles. The van der Waals surface area contributed by atoms with E-state index in [4.69, 9.17) is 23.8 Å². The van der Waals surface area contributed by atoms with E-state index >= 15 is 0 Å². The smallest absolute Gasteiger partial charge is 0.182 e. The Labute approximate surface area is 121 Å². The topological polar surface area (TPSA) is 20.7 Å². The van der Waals surface area contributed by atoms with Gasteiger partial charge in [-0.15, -0.1) is 0 Å². The Morgan fingerprint density at radius 1 is 1.11 bits per heavy atom. The van der Waals surface area contributed by atoms with E-state index < -0.39 is 0 Å². The van der Waals surface area contributed by atoms with Gasteiger partial charge in [-0.2, -0.15) is 0 Å². The van der Waals surface area contributed by atoms with Crippen LogP contribution in [0.25, 0.3) is 16.7 Å². The zero-order valence-corrected chi connectivity index (χ0v) is 12.3. The van der Waals surface area contributed by atoms with E-state index in [-0.39, 0.29) is 0 Å². The predicted octanol–water partition coefficient (Wildman–Crippen LogP) is 4.96. The lowest BCUT2D eigenvalue weighted by molar-refractivity contribution is 1.04. The summed E-state index contributed by atoms with van der Waals surface area (Å²) in [4.78, 5) is 3.25. The maximum absolute atomic E-state index is 6.22. The number of para-hydroxylation sites is 1. The summed E-state index contributed by atoms with van der Waals surface area (Å²) in [6, 6.07) is 12.0. The fourth-order valence-electron chi connectivity index (χ4n) is 2.40. The molecule has 0 saturated carbocycles. The van der Waals surface area contributed by atoms with E-state index in [1.807, 2.05) is 37.3 Å². The minimum Gasteiger partial charge on any atom is -0.330 e. The third kappa shape index (κ3) is 1.90. The lowest BCUT2D eigenvalue weighted by atomic mass is 10.1. The highest BCUT2D eigenvalue weighted by Gasteiger charge is 2.11. The first-order valence-electron chi connectivity index (χ1n) is 6.05. The van der Waals surface area contributed by atoms with Gasteiger partial charge in [-0.25, -0.2) is 0 Å². The first kappa shape index (κ1) is 12.5. The van der Waals surface area contributed by atoms with Crippen molar-refractivity contribution in [2.45, 2.75) is 13.8 Å². The van der Waals surface area contributed by atoms with Gasteiger partial charge in [0, 0.05) is 5.02 Å². The molecule has 3 rings (SSSR count). The maximum Gasteiger partial charge on any atom is 0.182 e. The zero-order chi connectivity index (χ0) is 13.6. The molecule has 1 N–H and O–H groups in total. The van der Waals surface area contributed by atoms with Crippen molar-refractivity contribution in [1.29, 1.82) is 0 Å². The van der Waals surface area contributed by atoms with Crippen LogP contribution in [0.15, 0.2) is 36.4 Å². The summed E-state index contributed by atoms with van der Waals surface area (Å²) in [5.41, 5.74) is 5.40. The summed E-state index contributed by atoms with van der Waals surface area (Å²) in [6.07, 6.45) is 0. The van der Waals surface area contributed by atoms with Gasteiger partial charge in [-0.3, -0.25) is 4.57 Å². The Balaban J connectivity index is 2.46. The molecule has 0 spiro atoms. The molecule has 1 aromatic heterocycles. The summed E-state index contributed by atoms with van der Waals surface area (Å²) >= 11 is 11.7. The fraction of sp³-hybridized carbons (Fsp3) is 0.133. The van der Waals surface area contributed by atoms with Crippen LogP contribution in [0.3, 0.4) is 0 Å². The van der Waals surface area contributed by atoms with Crippen LogP contribution in [0.4, 0.5) is 0 Å². The van der Waals surface area contributed by atoms with Gasteiger partial charge >= 0.3 is 0 Å². The van der Waals surface area contributed by atoms with Gasteiger partial charge in [-0.1, -0.05) is 29.8 Å². The van der Waals surface area contributed by atoms with Crippen LogP contribution in [0.1, 0.15) is 11.1 Å². The van der Waals surface area contributed by atoms with Gasteiger partial charge in [0.25, 0.3) is 0 Å². The molecule has 0 radical (unpaired) electrons. The van der Waals surface area contributed by atoms with E-state index in [0.29, 0.717) is 4.77 Å². The first-order valence-corrected chi connectivity index (χ1v) is 6.84. The largest absolute Gasteiger partial charge is 0.330 e. The third-order valence-corrected chi connectivity index (χ3v) is 4.08. The number of benzene rings is 2. The minimum atomic E-state index is 0.690. The average molecular weight is 289 g/mol. The number of aromatic amines is 1. The summed E-state index contributed by atoms with van der Waals surface area (Å²) in [7, 11) is 0. The molecule has 0 aliphatic carbocycles. The molecule has 2 nitrogen and oxygen atoms in total. The Morgan fingerprint density at radius 2 is 1.84 bits per heavy atom. The van der Waals surface area contributed by atoms with Crippen molar-refractivity contribution in [2.75, 3.05) is 0 Å². The van der Waals surface area contributed by atoms with Gasteiger partial charge in [0.05, 0.1) is 16.7 Å². The molecule has 4 heteroatoms. The molecule has 0 unspecified atom stereocenters. The quantitative estimate of drug-likeness (QED) is 0.628. The van der Waals surface area contributed by atoms with Crippen molar-refractivity contribution < 1.29 is 0 Å². The molecule has 96 valence electrons. The zero-order valence-electron chi connectivity index (χ0n) is 10.7. The van der Waals surface area contributed by atoms with Gasteiger partial charge in [0.15, 0.2) is 4.77 Å². The Morgan fingerprint density at radius 3 is 2.63 bits per heavy atom. The second-order valence-electron chi connectivity index (χ2n) is 4.62. The number of hydrogen-bond acceptors (Lipinski definition) is 1. The van der Waals surface area contributed by atoms with Crippen molar-refractivity contribution in [3.63, 3.8) is 0 Å². The molecule has 0 atom stereocenters. The summed E-state index contributed by atoms with van der Waals surface area (Å²) in [6.45, 7) is 4.10. The van der Waals surface area contributed by atoms with Crippen molar-refractivity contribution in [3.8, 4) is 5.69 Å². The van der Waals surface area contributed by atoms with E-state index in [2.05, 4.69) is 22.5 Å². The monoisotopic (exact) mass is 288 g/mol. The van der Waals surface area contributed by atoms with Crippen molar-refractivity contribution in [1.82, 2.24) is 9.55 Å². The molecule has 3 aromatic rings. The Kier molecular flexibility index (Phi) is 2.96. The molecule has 0 amide bonds. The second kappa shape index (κ2) is 4.51. The van der Waals surface area contributed by atoms with Crippen LogP contribution >= 0.6 is 23.8 Å². The van der Waals surface area contributed by atoms with Crippen molar-refractivity contribution in [3.05, 3.63) is 57.3 Å². The van der Waals surface area contributed by atoms with E-state index in [1.54, 1.807) is 0 Å². The highest BCUT2D eigenvalue weighted by molar-refractivity contribution is 7.71. The molecule has 0 bridgehead atoms. The molecular weight excluding hydrogens is 276 g/mol. The highest BCUT2D eigenvalue weighted by Crippen LogP contribution is 2.27. The number of imidazole rings is 1. The molecule has 0 aliphatic heterocycles. The lowest BCUT2D eigenvalue weighted by Gasteiger charge is -2.10. The SMILES string of the molecule is Cc1c(Cl)cccc1-n1c(=S)[nH]c2cccc(C)c21. The predicted molar refractivity (Wildman–Crippen MR) is 82.9 cm³/mol. The fourth-order valence-corrected chi connectivity index (χ4v) is 2.87. The number of nitrogens with one attached hydrogen (secondary N) is 1. The van der Waals surface area contributed by atoms with E-state index in [0.717, 1.165) is 27.3 Å². The second-order valence-corrected chi connectivity index (χ2v) is 5.41. The number of halogens is 1. The Hall–Kier alpha value is -1.58. The summed E-state index contributed by atoms with van der Waals surface area (Å²) in [5, 5.41) is 0.752. The molecule has 19 heavy (non-hydrogen) atoms.